The highest BCUT2D eigenvalue weighted by molar-refractivity contribution is 5.44. The first-order valence-electron chi connectivity index (χ1n) is 5.05. The van der Waals surface area contributed by atoms with Crippen LogP contribution in [0.5, 0.6) is 5.75 Å². The predicted molar refractivity (Wildman–Crippen MR) is 63.2 cm³/mol. The topological polar surface area (TPSA) is 22.1 Å². The Morgan fingerprint density at radius 3 is 2.76 bits per heavy atom. The van der Waals surface area contributed by atoms with Crippen LogP contribution in [0, 0.1) is 17.7 Å². The van der Waals surface area contributed by atoms with Gasteiger partial charge in [-0.3, -0.25) is 4.98 Å². The summed E-state index contributed by atoms with van der Waals surface area (Å²) in [6, 6.07) is 8.19. The second-order valence-corrected chi connectivity index (χ2v) is 3.34. The second-order valence-electron chi connectivity index (χ2n) is 3.34. The summed E-state index contributed by atoms with van der Waals surface area (Å²) in [6.45, 7) is 0. The molecule has 0 fully saturated rings. The Balaban J connectivity index is 2.28. The van der Waals surface area contributed by atoms with Gasteiger partial charge in [0.15, 0.2) is 0 Å². The van der Waals surface area contributed by atoms with Crippen LogP contribution in [0.15, 0.2) is 42.7 Å². The lowest BCUT2D eigenvalue weighted by molar-refractivity contribution is 0.411. The lowest BCUT2D eigenvalue weighted by Crippen LogP contribution is -1.87. The van der Waals surface area contributed by atoms with Gasteiger partial charge < -0.3 is 4.74 Å². The summed E-state index contributed by atoms with van der Waals surface area (Å²) in [7, 11) is 1.50. The molecule has 2 aromatic rings. The van der Waals surface area contributed by atoms with Gasteiger partial charge in [0.2, 0.25) is 0 Å². The summed E-state index contributed by atoms with van der Waals surface area (Å²) in [5.41, 5.74) is 1.09. The molecular formula is C14H10FNO. The van der Waals surface area contributed by atoms with E-state index in [0.717, 1.165) is 5.56 Å². The van der Waals surface area contributed by atoms with E-state index in [2.05, 4.69) is 16.8 Å². The first-order chi connectivity index (χ1) is 8.29. The van der Waals surface area contributed by atoms with Gasteiger partial charge in [-0.15, -0.1) is 0 Å². The molecule has 2 nitrogen and oxygen atoms in total. The zero-order valence-electron chi connectivity index (χ0n) is 9.27. The number of hydrogen-bond donors (Lipinski definition) is 0. The van der Waals surface area contributed by atoms with E-state index >= 15 is 0 Å². The van der Waals surface area contributed by atoms with E-state index in [0.29, 0.717) is 11.3 Å². The van der Waals surface area contributed by atoms with Gasteiger partial charge in [-0.25, -0.2) is 4.39 Å². The number of benzene rings is 1. The molecule has 0 radical (unpaired) electrons. The Morgan fingerprint density at radius 1 is 1.24 bits per heavy atom. The number of rotatable bonds is 1. The van der Waals surface area contributed by atoms with Crippen LogP contribution in [0.4, 0.5) is 4.39 Å². The maximum atomic E-state index is 13.5. The molecule has 0 amide bonds. The summed E-state index contributed by atoms with van der Waals surface area (Å²) in [6.07, 6.45) is 3.30. The summed E-state index contributed by atoms with van der Waals surface area (Å²) >= 11 is 0. The molecule has 0 aliphatic carbocycles. The fourth-order valence-corrected chi connectivity index (χ4v) is 1.30. The fraction of sp³-hybridized carbons (Fsp3) is 0.0714. The highest BCUT2D eigenvalue weighted by atomic mass is 19.1. The van der Waals surface area contributed by atoms with E-state index in [-0.39, 0.29) is 5.82 Å². The number of halogens is 1. The van der Waals surface area contributed by atoms with Crippen molar-refractivity contribution in [3.05, 3.63) is 59.7 Å². The maximum Gasteiger partial charge on any atom is 0.142 e. The molecule has 84 valence electrons. The van der Waals surface area contributed by atoms with Crippen LogP contribution >= 0.6 is 0 Å². The number of methoxy groups -OCH3 is 1. The number of pyridine rings is 1. The molecule has 0 saturated carbocycles. The van der Waals surface area contributed by atoms with Crippen molar-refractivity contribution in [2.45, 2.75) is 0 Å². The first kappa shape index (κ1) is 11.2. The van der Waals surface area contributed by atoms with Crippen LogP contribution in [0.3, 0.4) is 0 Å². The van der Waals surface area contributed by atoms with Crippen molar-refractivity contribution in [2.24, 2.45) is 0 Å². The number of ether oxygens (including phenoxy) is 1. The predicted octanol–water partition coefficient (Wildman–Crippen LogP) is 2.63. The Morgan fingerprint density at radius 2 is 2.12 bits per heavy atom. The van der Waals surface area contributed by atoms with E-state index in [1.165, 1.54) is 13.2 Å². The first-order valence-corrected chi connectivity index (χ1v) is 5.05. The molecule has 0 aliphatic heterocycles. The fourth-order valence-electron chi connectivity index (χ4n) is 1.30. The smallest absolute Gasteiger partial charge is 0.142 e. The standard InChI is InChI=1S/C14H10FNO/c1-17-13-7-6-12(14(15)9-13)5-4-11-3-2-8-16-10-11/h2-3,6-10H,1H3. The molecule has 0 spiro atoms. The van der Waals surface area contributed by atoms with Crippen LogP contribution in [-0.4, -0.2) is 12.1 Å². The molecule has 3 heteroatoms. The number of aromatic nitrogens is 1. The largest absolute Gasteiger partial charge is 0.497 e. The highest BCUT2D eigenvalue weighted by Gasteiger charge is 2.00. The molecule has 0 unspecified atom stereocenters. The van der Waals surface area contributed by atoms with Crippen LogP contribution in [0.1, 0.15) is 11.1 Å². The Hall–Kier alpha value is -2.34. The molecule has 0 aliphatic rings. The summed E-state index contributed by atoms with van der Waals surface area (Å²) in [5, 5.41) is 0. The van der Waals surface area contributed by atoms with Gasteiger partial charge in [0, 0.05) is 24.0 Å². The monoisotopic (exact) mass is 227 g/mol. The Labute approximate surface area is 99.1 Å². The van der Waals surface area contributed by atoms with Crippen LogP contribution < -0.4 is 4.74 Å². The second kappa shape index (κ2) is 5.13. The van der Waals surface area contributed by atoms with Crippen molar-refractivity contribution in [3.8, 4) is 17.6 Å². The van der Waals surface area contributed by atoms with E-state index in [1.54, 1.807) is 30.6 Å². The van der Waals surface area contributed by atoms with E-state index < -0.39 is 0 Å². The lowest BCUT2D eigenvalue weighted by atomic mass is 10.2. The summed E-state index contributed by atoms with van der Waals surface area (Å²) in [5.74, 6) is 5.70. The van der Waals surface area contributed by atoms with Crippen molar-refractivity contribution in [1.29, 1.82) is 0 Å². The molecule has 17 heavy (non-hydrogen) atoms. The van der Waals surface area contributed by atoms with Crippen molar-refractivity contribution in [1.82, 2.24) is 4.98 Å². The third-order valence-corrected chi connectivity index (χ3v) is 2.18. The average molecular weight is 227 g/mol. The van der Waals surface area contributed by atoms with Crippen molar-refractivity contribution in [3.63, 3.8) is 0 Å². The number of nitrogens with zero attached hydrogens (tertiary/aromatic N) is 1. The lowest BCUT2D eigenvalue weighted by Gasteiger charge is -1.99. The molecule has 0 atom stereocenters. The van der Waals surface area contributed by atoms with Crippen LogP contribution in [0.25, 0.3) is 0 Å². The molecule has 0 bridgehead atoms. The van der Waals surface area contributed by atoms with Crippen LogP contribution in [0.2, 0.25) is 0 Å². The van der Waals surface area contributed by atoms with E-state index in [4.69, 9.17) is 4.74 Å². The van der Waals surface area contributed by atoms with E-state index in [9.17, 15) is 4.39 Å². The van der Waals surface area contributed by atoms with Gasteiger partial charge >= 0.3 is 0 Å². The molecule has 0 saturated heterocycles. The minimum absolute atomic E-state index is 0.342. The normalized spacial score (nSPS) is 9.29. The van der Waals surface area contributed by atoms with Gasteiger partial charge in [-0.05, 0) is 24.3 Å². The molecule has 1 aromatic heterocycles. The van der Waals surface area contributed by atoms with Gasteiger partial charge in [-0.1, -0.05) is 11.8 Å². The summed E-state index contributed by atoms with van der Waals surface area (Å²) < 4.78 is 18.5. The number of hydrogen-bond acceptors (Lipinski definition) is 2. The van der Waals surface area contributed by atoms with Gasteiger partial charge in [-0.2, -0.15) is 0 Å². The minimum Gasteiger partial charge on any atom is -0.497 e. The van der Waals surface area contributed by atoms with Gasteiger partial charge in [0.1, 0.15) is 11.6 Å². The van der Waals surface area contributed by atoms with Crippen LogP contribution in [-0.2, 0) is 0 Å². The Kier molecular flexibility index (Phi) is 3.37. The maximum absolute atomic E-state index is 13.5. The Bertz CT molecular complexity index is 570. The van der Waals surface area contributed by atoms with Crippen molar-refractivity contribution in [2.75, 3.05) is 7.11 Å². The third kappa shape index (κ3) is 2.82. The quantitative estimate of drug-likeness (QED) is 0.699. The van der Waals surface area contributed by atoms with E-state index in [1.807, 2.05) is 6.07 Å². The molecule has 2 rings (SSSR count). The minimum atomic E-state index is -0.388. The van der Waals surface area contributed by atoms with Gasteiger partial charge in [0.25, 0.3) is 0 Å². The summed E-state index contributed by atoms with van der Waals surface area (Å²) in [4.78, 5) is 3.93. The molecule has 1 aromatic carbocycles. The molecular weight excluding hydrogens is 217 g/mol. The zero-order valence-corrected chi connectivity index (χ0v) is 9.27. The average Bonchev–Trinajstić information content (AvgIpc) is 2.38. The molecule has 0 N–H and O–H groups in total. The highest BCUT2D eigenvalue weighted by Crippen LogP contribution is 2.15. The van der Waals surface area contributed by atoms with Crippen molar-refractivity contribution < 1.29 is 9.13 Å². The SMILES string of the molecule is COc1ccc(C#Cc2cccnc2)c(F)c1. The van der Waals surface area contributed by atoms with Crippen molar-refractivity contribution >= 4 is 0 Å². The van der Waals surface area contributed by atoms with Gasteiger partial charge in [0.05, 0.1) is 12.7 Å². The molecule has 1 heterocycles. The third-order valence-electron chi connectivity index (χ3n) is 2.18. The zero-order chi connectivity index (χ0) is 12.1.